The summed E-state index contributed by atoms with van der Waals surface area (Å²) in [5.74, 6) is 0.377. The number of carbonyl (C=O) groups is 3. The normalized spacial score (nSPS) is 20.4. The summed E-state index contributed by atoms with van der Waals surface area (Å²) in [4.78, 5) is 40.0. The smallest absolute Gasteiger partial charge is 0.270 e. The minimum atomic E-state index is -0.159. The van der Waals surface area contributed by atoms with Crippen molar-refractivity contribution in [3.63, 3.8) is 0 Å². The number of carbonyl (C=O) groups excluding carboxylic acids is 3. The Balaban J connectivity index is 1.30. The highest BCUT2D eigenvalue weighted by Gasteiger charge is 2.28. The molecule has 0 spiro atoms. The van der Waals surface area contributed by atoms with Gasteiger partial charge in [-0.05, 0) is 18.2 Å². The molecule has 3 aliphatic heterocycles. The van der Waals surface area contributed by atoms with Gasteiger partial charge in [-0.15, -0.1) is 0 Å². The van der Waals surface area contributed by atoms with Crippen molar-refractivity contribution >= 4 is 23.4 Å². The lowest BCUT2D eigenvalue weighted by molar-refractivity contribution is -0.126. The number of benzene rings is 1. The van der Waals surface area contributed by atoms with E-state index in [0.717, 1.165) is 0 Å². The second kappa shape index (κ2) is 9.25. The molecule has 0 aliphatic carbocycles. The number of hydrogen-bond acceptors (Lipinski definition) is 6. The van der Waals surface area contributed by atoms with Crippen LogP contribution in [0.15, 0.2) is 29.4 Å². The molecule has 1 aromatic carbocycles. The molecule has 3 heterocycles. The summed E-state index contributed by atoms with van der Waals surface area (Å²) in [5, 5.41) is 3.89. The van der Waals surface area contributed by atoms with Crippen molar-refractivity contribution in [3.8, 4) is 5.75 Å². The van der Waals surface area contributed by atoms with Gasteiger partial charge in [-0.25, -0.2) is 5.43 Å². The fraction of sp³-hybridized carbons (Fsp3) is 0.524. The van der Waals surface area contributed by atoms with E-state index in [4.69, 9.17) is 9.47 Å². The predicted octanol–water partition coefficient (Wildman–Crippen LogP) is 0.795. The Morgan fingerprint density at radius 2 is 1.77 bits per heavy atom. The van der Waals surface area contributed by atoms with Crippen LogP contribution in [0.4, 0.5) is 0 Å². The number of ether oxygens (including phenoxy) is 2. The second-order valence-electron chi connectivity index (χ2n) is 7.64. The zero-order chi connectivity index (χ0) is 20.9. The van der Waals surface area contributed by atoms with Crippen LogP contribution in [0.5, 0.6) is 5.75 Å². The lowest BCUT2D eigenvalue weighted by Gasteiger charge is -2.32. The van der Waals surface area contributed by atoms with Crippen LogP contribution in [-0.2, 0) is 14.3 Å². The van der Waals surface area contributed by atoms with E-state index in [1.165, 1.54) is 0 Å². The average Bonchev–Trinajstić information content (AvgIpc) is 2.80. The third-order valence-electron chi connectivity index (χ3n) is 5.56. The Kier molecular flexibility index (Phi) is 6.27. The first kappa shape index (κ1) is 20.3. The summed E-state index contributed by atoms with van der Waals surface area (Å²) in [6.45, 7) is 3.48. The summed E-state index contributed by atoms with van der Waals surface area (Å²) >= 11 is 0. The van der Waals surface area contributed by atoms with Gasteiger partial charge in [0.25, 0.3) is 11.8 Å². The maximum absolute atomic E-state index is 12.7. The number of hydrazone groups is 1. The number of piperidine rings is 1. The van der Waals surface area contributed by atoms with Gasteiger partial charge in [-0.2, -0.15) is 5.10 Å². The summed E-state index contributed by atoms with van der Waals surface area (Å²) in [7, 11) is 0. The molecule has 2 saturated heterocycles. The Bertz CT molecular complexity index is 842. The number of rotatable bonds is 4. The van der Waals surface area contributed by atoms with Crippen molar-refractivity contribution in [2.75, 3.05) is 39.4 Å². The summed E-state index contributed by atoms with van der Waals surface area (Å²) in [5.41, 5.74) is 3.39. The molecule has 0 saturated carbocycles. The molecule has 0 bridgehead atoms. The largest absolute Gasteiger partial charge is 0.490 e. The molecule has 1 aromatic rings. The lowest BCUT2D eigenvalue weighted by atomic mass is 10.1. The molecule has 9 heteroatoms. The number of morpholine rings is 1. The van der Waals surface area contributed by atoms with E-state index >= 15 is 0 Å². The van der Waals surface area contributed by atoms with Gasteiger partial charge in [0.05, 0.1) is 13.2 Å². The van der Waals surface area contributed by atoms with Gasteiger partial charge in [0.2, 0.25) is 5.91 Å². The molecular formula is C21H26N4O5. The van der Waals surface area contributed by atoms with Crippen LogP contribution in [0.1, 0.15) is 36.0 Å². The van der Waals surface area contributed by atoms with Gasteiger partial charge < -0.3 is 19.3 Å². The first-order valence-electron chi connectivity index (χ1n) is 10.4. The number of hydrogen-bond donors (Lipinski definition) is 1. The van der Waals surface area contributed by atoms with Gasteiger partial charge in [-0.1, -0.05) is 6.07 Å². The molecule has 9 nitrogen and oxygen atoms in total. The highest BCUT2D eigenvalue weighted by atomic mass is 16.5. The van der Waals surface area contributed by atoms with Crippen molar-refractivity contribution in [1.82, 2.24) is 15.2 Å². The zero-order valence-electron chi connectivity index (χ0n) is 16.8. The van der Waals surface area contributed by atoms with Gasteiger partial charge >= 0.3 is 0 Å². The summed E-state index contributed by atoms with van der Waals surface area (Å²) in [6, 6.07) is 7.27. The SMILES string of the molecule is O=C1CCC(C(=O)N2CCC(Oc3cccc(C(=O)N4CCOCC4)c3)CC2)=NN1. The summed E-state index contributed by atoms with van der Waals surface area (Å²) < 4.78 is 11.4. The molecule has 0 aromatic heterocycles. The van der Waals surface area contributed by atoms with Crippen LogP contribution >= 0.6 is 0 Å². The second-order valence-corrected chi connectivity index (χ2v) is 7.64. The molecule has 3 amide bonds. The van der Waals surface area contributed by atoms with Crippen molar-refractivity contribution in [3.05, 3.63) is 29.8 Å². The maximum Gasteiger partial charge on any atom is 0.270 e. The first-order valence-corrected chi connectivity index (χ1v) is 10.4. The summed E-state index contributed by atoms with van der Waals surface area (Å²) in [6.07, 6.45) is 2.06. The Labute approximate surface area is 175 Å². The van der Waals surface area contributed by atoms with E-state index in [1.807, 2.05) is 12.1 Å². The molecule has 0 atom stereocenters. The number of nitrogens with one attached hydrogen (secondary N) is 1. The number of likely N-dealkylation sites (tertiary alicyclic amines) is 1. The molecule has 0 radical (unpaired) electrons. The van der Waals surface area contributed by atoms with Crippen molar-refractivity contribution in [2.45, 2.75) is 31.8 Å². The van der Waals surface area contributed by atoms with Crippen LogP contribution in [0.3, 0.4) is 0 Å². The molecule has 1 N–H and O–H groups in total. The van der Waals surface area contributed by atoms with Gasteiger partial charge in [0.15, 0.2) is 0 Å². The van der Waals surface area contributed by atoms with E-state index in [1.54, 1.807) is 21.9 Å². The first-order chi connectivity index (χ1) is 14.6. The van der Waals surface area contributed by atoms with E-state index < -0.39 is 0 Å². The highest BCUT2D eigenvalue weighted by Crippen LogP contribution is 2.22. The lowest BCUT2D eigenvalue weighted by Crippen LogP contribution is -2.46. The zero-order valence-corrected chi connectivity index (χ0v) is 16.8. The van der Waals surface area contributed by atoms with Crippen molar-refractivity contribution in [2.24, 2.45) is 5.10 Å². The van der Waals surface area contributed by atoms with Crippen LogP contribution in [-0.4, -0.2) is 78.7 Å². The van der Waals surface area contributed by atoms with E-state index in [2.05, 4.69) is 10.5 Å². The number of amides is 3. The quantitative estimate of drug-likeness (QED) is 0.785. The van der Waals surface area contributed by atoms with Crippen molar-refractivity contribution in [1.29, 1.82) is 0 Å². The molecule has 4 rings (SSSR count). The molecule has 160 valence electrons. The van der Waals surface area contributed by atoms with Crippen LogP contribution in [0.2, 0.25) is 0 Å². The van der Waals surface area contributed by atoms with E-state index in [-0.39, 0.29) is 23.8 Å². The van der Waals surface area contributed by atoms with Crippen LogP contribution in [0, 0.1) is 0 Å². The highest BCUT2D eigenvalue weighted by molar-refractivity contribution is 6.39. The van der Waals surface area contributed by atoms with E-state index in [0.29, 0.717) is 82.1 Å². The Hall–Kier alpha value is -2.94. The predicted molar refractivity (Wildman–Crippen MR) is 108 cm³/mol. The fourth-order valence-electron chi connectivity index (χ4n) is 3.83. The average molecular weight is 414 g/mol. The minimum absolute atomic E-state index is 0.00971. The molecule has 2 fully saturated rings. The minimum Gasteiger partial charge on any atom is -0.490 e. The van der Waals surface area contributed by atoms with Gasteiger partial charge in [0, 0.05) is 57.4 Å². The van der Waals surface area contributed by atoms with Gasteiger partial charge in [-0.3, -0.25) is 14.4 Å². The van der Waals surface area contributed by atoms with Gasteiger partial charge in [0.1, 0.15) is 17.6 Å². The standard InChI is InChI=1S/C21H26N4O5/c26-19-5-4-18(22-23-19)21(28)24-8-6-16(7-9-24)30-17-3-1-2-15(14-17)20(27)25-10-12-29-13-11-25/h1-3,14,16H,4-13H2,(H,23,26). The Morgan fingerprint density at radius 3 is 2.47 bits per heavy atom. The van der Waals surface area contributed by atoms with E-state index in [9.17, 15) is 14.4 Å². The molecule has 3 aliphatic rings. The molecule has 30 heavy (non-hydrogen) atoms. The third-order valence-corrected chi connectivity index (χ3v) is 5.56. The van der Waals surface area contributed by atoms with Crippen LogP contribution in [0.25, 0.3) is 0 Å². The molecular weight excluding hydrogens is 388 g/mol. The van der Waals surface area contributed by atoms with Crippen LogP contribution < -0.4 is 10.2 Å². The molecule has 0 unspecified atom stereocenters. The van der Waals surface area contributed by atoms with Crippen molar-refractivity contribution < 1.29 is 23.9 Å². The number of nitrogens with zero attached hydrogens (tertiary/aromatic N) is 3. The maximum atomic E-state index is 12.7. The third kappa shape index (κ3) is 4.79. The monoisotopic (exact) mass is 414 g/mol. The topological polar surface area (TPSA) is 101 Å². The Morgan fingerprint density at radius 1 is 1.03 bits per heavy atom. The fourth-order valence-corrected chi connectivity index (χ4v) is 3.83.